The van der Waals surface area contributed by atoms with E-state index in [0.717, 1.165) is 37.3 Å². The molecular formula is C23H27ClN4O3S2. The summed E-state index contributed by atoms with van der Waals surface area (Å²) in [5.41, 5.74) is 2.35. The summed E-state index contributed by atoms with van der Waals surface area (Å²) in [6.07, 6.45) is 0.887. The summed E-state index contributed by atoms with van der Waals surface area (Å²) in [4.78, 5) is 20.9. The van der Waals surface area contributed by atoms with E-state index in [9.17, 15) is 13.2 Å². The molecule has 0 radical (unpaired) electrons. The Hall–Kier alpha value is -2.30. The summed E-state index contributed by atoms with van der Waals surface area (Å²) in [5.74, 6) is -0.301. The molecule has 4 rings (SSSR count). The Bertz CT molecular complexity index is 1200. The van der Waals surface area contributed by atoms with Crippen LogP contribution in [0.1, 0.15) is 33.4 Å². The number of halogens is 1. The number of benzene rings is 2. The van der Waals surface area contributed by atoms with Crippen LogP contribution in [0.15, 0.2) is 59.5 Å². The van der Waals surface area contributed by atoms with Gasteiger partial charge in [-0.25, -0.2) is 13.4 Å². The Balaban J connectivity index is 0.00000306. The second kappa shape index (κ2) is 10.8. The van der Waals surface area contributed by atoms with Crippen molar-refractivity contribution >= 4 is 44.8 Å². The predicted octanol–water partition coefficient (Wildman–Crippen LogP) is 4.02. The number of sulfonamides is 1. The molecule has 0 aliphatic carbocycles. The van der Waals surface area contributed by atoms with E-state index in [4.69, 9.17) is 0 Å². The normalized spacial score (nSPS) is 13.9. The largest absolute Gasteiger partial charge is 0.298 e. The van der Waals surface area contributed by atoms with Crippen LogP contribution in [0.3, 0.4) is 0 Å². The van der Waals surface area contributed by atoms with Crippen molar-refractivity contribution in [3.8, 4) is 0 Å². The second-order valence-corrected chi connectivity index (χ2v) is 10.9. The van der Waals surface area contributed by atoms with Gasteiger partial charge in [0.25, 0.3) is 5.91 Å². The van der Waals surface area contributed by atoms with Gasteiger partial charge >= 0.3 is 0 Å². The molecule has 176 valence electrons. The van der Waals surface area contributed by atoms with E-state index in [1.165, 1.54) is 44.8 Å². The van der Waals surface area contributed by atoms with Crippen molar-refractivity contribution in [2.75, 3.05) is 25.5 Å². The van der Waals surface area contributed by atoms with Crippen molar-refractivity contribution in [2.45, 2.75) is 31.3 Å². The van der Waals surface area contributed by atoms with Crippen LogP contribution < -0.4 is 5.32 Å². The van der Waals surface area contributed by atoms with Gasteiger partial charge in [0.15, 0.2) is 5.13 Å². The van der Waals surface area contributed by atoms with E-state index in [0.29, 0.717) is 10.7 Å². The summed E-state index contributed by atoms with van der Waals surface area (Å²) >= 11 is 1.50. The molecule has 1 aliphatic rings. The van der Waals surface area contributed by atoms with Crippen LogP contribution in [0.4, 0.5) is 5.13 Å². The molecule has 0 unspecified atom stereocenters. The molecule has 1 aliphatic heterocycles. The van der Waals surface area contributed by atoms with E-state index in [1.807, 2.05) is 30.3 Å². The number of nitrogens with one attached hydrogen (secondary N) is 1. The van der Waals surface area contributed by atoms with E-state index >= 15 is 0 Å². The van der Waals surface area contributed by atoms with Crippen LogP contribution in [0.2, 0.25) is 0 Å². The van der Waals surface area contributed by atoms with Gasteiger partial charge in [0.05, 0.1) is 10.6 Å². The van der Waals surface area contributed by atoms with Gasteiger partial charge in [0.1, 0.15) is 0 Å². The molecule has 3 aromatic rings. The Morgan fingerprint density at radius 3 is 2.52 bits per heavy atom. The van der Waals surface area contributed by atoms with Crippen molar-refractivity contribution in [3.63, 3.8) is 0 Å². The molecule has 33 heavy (non-hydrogen) atoms. The zero-order chi connectivity index (χ0) is 22.7. The lowest BCUT2D eigenvalue weighted by Gasteiger charge is -2.23. The van der Waals surface area contributed by atoms with Crippen molar-refractivity contribution in [2.24, 2.45) is 0 Å². The highest BCUT2D eigenvalue weighted by molar-refractivity contribution is 7.89. The van der Waals surface area contributed by atoms with E-state index in [1.54, 1.807) is 7.05 Å². The number of carbonyl (C=O) groups is 1. The molecule has 1 N–H and O–H groups in total. The van der Waals surface area contributed by atoms with Crippen LogP contribution in [-0.2, 0) is 29.5 Å². The van der Waals surface area contributed by atoms with Gasteiger partial charge in [-0.1, -0.05) is 37.3 Å². The monoisotopic (exact) mass is 506 g/mol. The van der Waals surface area contributed by atoms with Crippen LogP contribution in [0.25, 0.3) is 0 Å². The number of likely N-dealkylation sites (N-methyl/N-ethyl adjacent to an activating group) is 1. The number of fused-ring (bicyclic) bond motifs is 1. The lowest BCUT2D eigenvalue weighted by molar-refractivity contribution is 0.102. The zero-order valence-corrected chi connectivity index (χ0v) is 21.0. The lowest BCUT2D eigenvalue weighted by atomic mass is 10.2. The van der Waals surface area contributed by atoms with Crippen molar-refractivity contribution in [1.29, 1.82) is 0 Å². The maximum atomic E-state index is 12.9. The van der Waals surface area contributed by atoms with Gasteiger partial charge in [0, 0.05) is 43.5 Å². The molecule has 0 fully saturated rings. The highest BCUT2D eigenvalue weighted by Gasteiger charge is 2.23. The van der Waals surface area contributed by atoms with Crippen molar-refractivity contribution in [3.05, 3.63) is 76.3 Å². The quantitative estimate of drug-likeness (QED) is 0.523. The first-order valence-corrected chi connectivity index (χ1v) is 12.7. The van der Waals surface area contributed by atoms with Crippen LogP contribution in [-0.4, -0.2) is 48.7 Å². The molecule has 0 bridgehead atoms. The number of aromatic nitrogens is 1. The molecular weight excluding hydrogens is 480 g/mol. The van der Waals surface area contributed by atoms with E-state index in [2.05, 4.69) is 22.1 Å². The van der Waals surface area contributed by atoms with Gasteiger partial charge in [-0.15, -0.1) is 23.7 Å². The first kappa shape index (κ1) is 25.3. The molecule has 2 heterocycles. The first-order chi connectivity index (χ1) is 15.4. The Kier molecular flexibility index (Phi) is 8.25. The lowest BCUT2D eigenvalue weighted by Crippen LogP contribution is -2.29. The molecule has 0 saturated heterocycles. The maximum absolute atomic E-state index is 12.9. The van der Waals surface area contributed by atoms with E-state index < -0.39 is 10.0 Å². The topological polar surface area (TPSA) is 82.6 Å². The third kappa shape index (κ3) is 5.80. The predicted molar refractivity (Wildman–Crippen MR) is 134 cm³/mol. The first-order valence-electron chi connectivity index (χ1n) is 10.5. The SMILES string of the molecule is CCN1CCc2nc(NC(=O)c3ccc(S(=O)(=O)N(C)Cc4ccccc4)cc3)sc2C1.Cl. The molecule has 2 aromatic carbocycles. The number of rotatable bonds is 7. The molecule has 0 saturated carbocycles. The minimum Gasteiger partial charge on any atom is -0.298 e. The van der Waals surface area contributed by atoms with Gasteiger partial charge in [-0.2, -0.15) is 4.31 Å². The number of hydrogen-bond donors (Lipinski definition) is 1. The summed E-state index contributed by atoms with van der Waals surface area (Å²) < 4.78 is 27.1. The Morgan fingerprint density at radius 2 is 1.85 bits per heavy atom. The standard InChI is InChI=1S/C23H26N4O3S2.ClH/c1-3-27-14-13-20-21(16-27)31-23(24-20)25-22(28)18-9-11-19(12-10-18)32(29,30)26(2)15-17-7-5-4-6-8-17;/h4-12H,3,13-16H2,1-2H3,(H,24,25,28);1H. The second-order valence-electron chi connectivity index (χ2n) is 7.73. The third-order valence-corrected chi connectivity index (χ3v) is 8.37. The average molecular weight is 507 g/mol. The van der Waals surface area contributed by atoms with Crippen LogP contribution >= 0.6 is 23.7 Å². The minimum absolute atomic E-state index is 0. The summed E-state index contributed by atoms with van der Waals surface area (Å²) in [6.45, 7) is 5.25. The van der Waals surface area contributed by atoms with Gasteiger partial charge in [0.2, 0.25) is 10.0 Å². The van der Waals surface area contributed by atoms with Gasteiger partial charge < -0.3 is 0 Å². The highest BCUT2D eigenvalue weighted by atomic mass is 35.5. The third-order valence-electron chi connectivity index (χ3n) is 5.55. The van der Waals surface area contributed by atoms with Crippen molar-refractivity contribution < 1.29 is 13.2 Å². The van der Waals surface area contributed by atoms with Gasteiger partial charge in [-0.3, -0.25) is 15.0 Å². The molecule has 1 aromatic heterocycles. The Morgan fingerprint density at radius 1 is 1.15 bits per heavy atom. The number of thiazole rings is 1. The molecule has 0 atom stereocenters. The van der Waals surface area contributed by atoms with E-state index in [-0.39, 0.29) is 29.8 Å². The molecule has 1 amide bonds. The minimum atomic E-state index is -3.66. The number of amides is 1. The maximum Gasteiger partial charge on any atom is 0.257 e. The Labute approximate surface area is 204 Å². The number of anilines is 1. The average Bonchev–Trinajstić information content (AvgIpc) is 3.21. The summed E-state index contributed by atoms with van der Waals surface area (Å²) in [6, 6.07) is 15.4. The number of carbonyl (C=O) groups excluding carboxylic acids is 1. The van der Waals surface area contributed by atoms with Crippen LogP contribution in [0, 0.1) is 0 Å². The fourth-order valence-corrected chi connectivity index (χ4v) is 5.83. The number of nitrogens with zero attached hydrogens (tertiary/aromatic N) is 3. The summed E-state index contributed by atoms with van der Waals surface area (Å²) in [5, 5.41) is 3.43. The smallest absolute Gasteiger partial charge is 0.257 e. The summed E-state index contributed by atoms with van der Waals surface area (Å²) in [7, 11) is -2.11. The molecule has 10 heteroatoms. The fourth-order valence-electron chi connectivity index (χ4n) is 3.62. The number of hydrogen-bond acceptors (Lipinski definition) is 6. The fraction of sp³-hybridized carbons (Fsp3) is 0.304. The van der Waals surface area contributed by atoms with Crippen LogP contribution in [0.5, 0.6) is 0 Å². The molecule has 0 spiro atoms. The zero-order valence-electron chi connectivity index (χ0n) is 18.5. The highest BCUT2D eigenvalue weighted by Crippen LogP contribution is 2.28. The van der Waals surface area contributed by atoms with Crippen molar-refractivity contribution in [1.82, 2.24) is 14.2 Å². The van der Waals surface area contributed by atoms with Gasteiger partial charge in [-0.05, 0) is 36.4 Å². The molecule has 7 nitrogen and oxygen atoms in total.